The van der Waals surface area contributed by atoms with E-state index >= 15 is 0 Å². The molecule has 0 aliphatic carbocycles. The Bertz CT molecular complexity index is 665. The van der Waals surface area contributed by atoms with Gasteiger partial charge >= 0.3 is 5.97 Å². The van der Waals surface area contributed by atoms with Crippen molar-refractivity contribution in [3.8, 4) is 0 Å². The summed E-state index contributed by atoms with van der Waals surface area (Å²) in [4.78, 5) is 16.0. The second kappa shape index (κ2) is 6.35. The van der Waals surface area contributed by atoms with Gasteiger partial charge in [-0.3, -0.25) is 0 Å². The maximum Gasteiger partial charge on any atom is 0.339 e. The highest BCUT2D eigenvalue weighted by Crippen LogP contribution is 2.34. The molecule has 0 bridgehead atoms. The Kier molecular flexibility index (Phi) is 4.75. The van der Waals surface area contributed by atoms with Gasteiger partial charge in [0.15, 0.2) is 0 Å². The lowest BCUT2D eigenvalue weighted by Gasteiger charge is -2.13. The quantitative estimate of drug-likeness (QED) is 0.636. The molecular formula is C13H10Cl2N2O2S. The van der Waals surface area contributed by atoms with Crippen LogP contribution >= 0.6 is 35.0 Å². The molecule has 104 valence electrons. The molecule has 1 aromatic heterocycles. The Morgan fingerprint density at radius 2 is 2.05 bits per heavy atom. The van der Waals surface area contributed by atoms with Gasteiger partial charge in [-0.15, -0.1) is 11.8 Å². The molecule has 0 atom stereocenters. The van der Waals surface area contributed by atoms with Crippen LogP contribution < -0.4 is 5.32 Å². The second-order valence-electron chi connectivity index (χ2n) is 3.78. The van der Waals surface area contributed by atoms with Gasteiger partial charge in [0.25, 0.3) is 0 Å². The molecule has 20 heavy (non-hydrogen) atoms. The van der Waals surface area contributed by atoms with Gasteiger partial charge in [0.1, 0.15) is 16.5 Å². The van der Waals surface area contributed by atoms with Crippen LogP contribution in [-0.2, 0) is 0 Å². The van der Waals surface area contributed by atoms with Gasteiger partial charge in [-0.2, -0.15) is 0 Å². The molecular weight excluding hydrogens is 319 g/mol. The monoisotopic (exact) mass is 328 g/mol. The molecule has 1 aromatic carbocycles. The summed E-state index contributed by atoms with van der Waals surface area (Å²) in [7, 11) is 0. The van der Waals surface area contributed by atoms with Crippen molar-refractivity contribution in [1.82, 2.24) is 4.98 Å². The third kappa shape index (κ3) is 3.17. The lowest BCUT2D eigenvalue weighted by atomic mass is 10.2. The van der Waals surface area contributed by atoms with Gasteiger partial charge in [0.05, 0.1) is 10.7 Å². The smallest absolute Gasteiger partial charge is 0.339 e. The largest absolute Gasteiger partial charge is 0.478 e. The van der Waals surface area contributed by atoms with Crippen molar-refractivity contribution in [3.05, 3.63) is 46.1 Å². The number of pyridine rings is 1. The number of benzene rings is 1. The molecule has 4 nitrogen and oxygen atoms in total. The number of carboxylic acid groups (broad SMARTS) is 1. The number of carbonyl (C=O) groups is 1. The van der Waals surface area contributed by atoms with Gasteiger partial charge in [0, 0.05) is 4.90 Å². The van der Waals surface area contributed by atoms with Crippen molar-refractivity contribution in [2.24, 2.45) is 0 Å². The molecule has 0 aliphatic heterocycles. The number of rotatable bonds is 4. The van der Waals surface area contributed by atoms with E-state index < -0.39 is 5.97 Å². The zero-order chi connectivity index (χ0) is 14.7. The molecule has 0 aliphatic rings. The van der Waals surface area contributed by atoms with Crippen LogP contribution in [0.15, 0.2) is 35.2 Å². The van der Waals surface area contributed by atoms with Gasteiger partial charge in [-0.25, -0.2) is 9.78 Å². The Labute approximate surface area is 130 Å². The molecule has 7 heteroatoms. The molecule has 0 radical (unpaired) electrons. The molecule has 0 unspecified atom stereocenters. The highest BCUT2D eigenvalue weighted by molar-refractivity contribution is 7.98. The summed E-state index contributed by atoms with van der Waals surface area (Å²) in [5, 5.41) is 12.9. The number of anilines is 2. The SMILES string of the molecule is CSc1c(Cl)cccc1Nc1nc(Cl)ccc1C(=O)O. The lowest BCUT2D eigenvalue weighted by molar-refractivity contribution is 0.0697. The van der Waals surface area contributed by atoms with Crippen molar-refractivity contribution in [3.63, 3.8) is 0 Å². The highest BCUT2D eigenvalue weighted by Gasteiger charge is 2.14. The zero-order valence-electron chi connectivity index (χ0n) is 10.4. The van der Waals surface area contributed by atoms with Crippen LogP contribution in [0.1, 0.15) is 10.4 Å². The van der Waals surface area contributed by atoms with Crippen LogP contribution in [0.3, 0.4) is 0 Å². The minimum atomic E-state index is -1.08. The maximum atomic E-state index is 11.2. The van der Waals surface area contributed by atoms with Crippen molar-refractivity contribution >= 4 is 52.4 Å². The van der Waals surface area contributed by atoms with E-state index in [4.69, 9.17) is 28.3 Å². The van der Waals surface area contributed by atoms with Crippen molar-refractivity contribution in [2.75, 3.05) is 11.6 Å². The standard InChI is InChI=1S/C13H10Cl2N2O2S/c1-20-11-8(14)3-2-4-9(11)16-12-7(13(18)19)5-6-10(15)17-12/h2-6H,1H3,(H,16,17)(H,18,19). The molecule has 0 saturated carbocycles. The molecule has 0 saturated heterocycles. The summed E-state index contributed by atoms with van der Waals surface area (Å²) < 4.78 is 0. The fourth-order valence-corrected chi connectivity index (χ4v) is 2.80. The van der Waals surface area contributed by atoms with Crippen LogP contribution in [0.5, 0.6) is 0 Å². The fraction of sp³-hybridized carbons (Fsp3) is 0.0769. The number of nitrogens with zero attached hydrogens (tertiary/aromatic N) is 1. The average Bonchev–Trinajstić information content (AvgIpc) is 2.38. The Hall–Kier alpha value is -1.43. The van der Waals surface area contributed by atoms with Gasteiger partial charge in [-0.05, 0) is 30.5 Å². The first kappa shape index (κ1) is 15.0. The third-order valence-corrected chi connectivity index (χ3v) is 4.00. The molecule has 2 aromatic rings. The fourth-order valence-electron chi connectivity index (χ4n) is 1.65. The van der Waals surface area contributed by atoms with Crippen molar-refractivity contribution in [2.45, 2.75) is 4.90 Å². The van der Waals surface area contributed by atoms with E-state index in [0.717, 1.165) is 4.90 Å². The third-order valence-electron chi connectivity index (χ3n) is 2.52. The Morgan fingerprint density at radius 1 is 1.30 bits per heavy atom. The number of halogens is 2. The van der Waals surface area contributed by atoms with Crippen molar-refractivity contribution in [1.29, 1.82) is 0 Å². The van der Waals surface area contributed by atoms with Crippen LogP contribution in [0.25, 0.3) is 0 Å². The van der Waals surface area contributed by atoms with Crippen LogP contribution in [0.2, 0.25) is 10.2 Å². The number of nitrogens with one attached hydrogen (secondary N) is 1. The second-order valence-corrected chi connectivity index (χ2v) is 5.39. The normalized spacial score (nSPS) is 10.3. The number of aromatic carboxylic acids is 1. The molecule has 0 amide bonds. The Morgan fingerprint density at radius 3 is 2.70 bits per heavy atom. The summed E-state index contributed by atoms with van der Waals surface area (Å²) in [5.74, 6) is -0.896. The molecule has 0 fully saturated rings. The summed E-state index contributed by atoms with van der Waals surface area (Å²) in [6.07, 6.45) is 1.88. The maximum absolute atomic E-state index is 11.2. The first-order valence-corrected chi connectivity index (χ1v) is 7.50. The van der Waals surface area contributed by atoms with E-state index in [-0.39, 0.29) is 16.5 Å². The van der Waals surface area contributed by atoms with Gasteiger partial charge in [0.2, 0.25) is 0 Å². The topological polar surface area (TPSA) is 62.2 Å². The summed E-state index contributed by atoms with van der Waals surface area (Å²) in [6, 6.07) is 8.18. The molecule has 0 spiro atoms. The average molecular weight is 329 g/mol. The number of carboxylic acids is 1. The van der Waals surface area contributed by atoms with E-state index in [1.54, 1.807) is 18.2 Å². The summed E-state index contributed by atoms with van der Waals surface area (Å²) >= 11 is 13.4. The van der Waals surface area contributed by atoms with E-state index in [2.05, 4.69) is 10.3 Å². The van der Waals surface area contributed by atoms with E-state index in [0.29, 0.717) is 10.7 Å². The lowest BCUT2D eigenvalue weighted by Crippen LogP contribution is -2.05. The van der Waals surface area contributed by atoms with Gasteiger partial charge in [-0.1, -0.05) is 29.3 Å². The first-order chi connectivity index (χ1) is 9.52. The van der Waals surface area contributed by atoms with Gasteiger partial charge < -0.3 is 10.4 Å². The predicted octanol–water partition coefficient (Wildman–Crippen LogP) is 4.55. The number of hydrogen-bond donors (Lipinski definition) is 2. The Balaban J connectivity index is 2.47. The van der Waals surface area contributed by atoms with Crippen LogP contribution in [0, 0.1) is 0 Å². The van der Waals surface area contributed by atoms with Crippen LogP contribution in [0.4, 0.5) is 11.5 Å². The highest BCUT2D eigenvalue weighted by atomic mass is 35.5. The number of thioether (sulfide) groups is 1. The molecule has 2 rings (SSSR count). The minimum Gasteiger partial charge on any atom is -0.478 e. The number of aromatic nitrogens is 1. The van der Waals surface area contributed by atoms with E-state index in [9.17, 15) is 4.79 Å². The predicted molar refractivity (Wildman–Crippen MR) is 82.7 cm³/mol. The van der Waals surface area contributed by atoms with E-state index in [1.807, 2.05) is 6.26 Å². The molecule has 1 heterocycles. The summed E-state index contributed by atoms with van der Waals surface area (Å²) in [5.41, 5.74) is 0.726. The summed E-state index contributed by atoms with van der Waals surface area (Å²) in [6.45, 7) is 0. The first-order valence-electron chi connectivity index (χ1n) is 5.52. The zero-order valence-corrected chi connectivity index (χ0v) is 12.7. The molecule has 2 N–H and O–H groups in total. The minimum absolute atomic E-state index is 0.0430. The van der Waals surface area contributed by atoms with E-state index in [1.165, 1.54) is 23.9 Å². The van der Waals surface area contributed by atoms with Crippen molar-refractivity contribution < 1.29 is 9.90 Å². The van der Waals surface area contributed by atoms with Crippen LogP contribution in [-0.4, -0.2) is 22.3 Å². The number of hydrogen-bond acceptors (Lipinski definition) is 4.